The summed E-state index contributed by atoms with van der Waals surface area (Å²) in [5.41, 5.74) is 1.26. The largest absolute Gasteiger partial charge is 0.347 e. The smallest absolute Gasteiger partial charge is 0.313 e. The van der Waals surface area contributed by atoms with E-state index in [1.54, 1.807) is 24.3 Å². The Bertz CT molecular complexity index is 850. The van der Waals surface area contributed by atoms with E-state index in [1.165, 1.54) is 0 Å². The van der Waals surface area contributed by atoms with Crippen LogP contribution in [0.4, 0.5) is 5.69 Å². The van der Waals surface area contributed by atoms with Crippen LogP contribution in [0.1, 0.15) is 10.4 Å². The quantitative estimate of drug-likeness (QED) is 0.670. The van der Waals surface area contributed by atoms with Crippen molar-refractivity contribution < 1.29 is 14.4 Å². The van der Waals surface area contributed by atoms with Gasteiger partial charge in [0.15, 0.2) is 0 Å². The highest BCUT2D eigenvalue weighted by Crippen LogP contribution is 2.14. The van der Waals surface area contributed by atoms with E-state index in [0.717, 1.165) is 17.6 Å². The zero-order chi connectivity index (χ0) is 20.6. The maximum atomic E-state index is 12.5. The maximum Gasteiger partial charge on any atom is 0.313 e. The molecule has 0 aliphatic carbocycles. The van der Waals surface area contributed by atoms with E-state index in [1.807, 2.05) is 35.2 Å². The number of carbonyl (C=O) groups excluding carboxylic acids is 3. The number of benzene rings is 2. The molecule has 0 atom stereocenters. The third kappa shape index (κ3) is 6.13. The van der Waals surface area contributed by atoms with Crippen LogP contribution in [0.25, 0.3) is 0 Å². The number of halogens is 1. The Labute approximate surface area is 178 Å². The van der Waals surface area contributed by atoms with Gasteiger partial charge in [0.25, 0.3) is 5.91 Å². The molecule has 0 radical (unpaired) electrons. The maximum absolute atomic E-state index is 12.5. The van der Waals surface area contributed by atoms with E-state index in [9.17, 15) is 14.4 Å². The fourth-order valence-electron chi connectivity index (χ4n) is 3.07. The van der Waals surface area contributed by atoms with Crippen LogP contribution in [0, 0.1) is 0 Å². The van der Waals surface area contributed by atoms with Gasteiger partial charge in [-0.25, -0.2) is 0 Å². The molecule has 1 fully saturated rings. The molecule has 0 saturated carbocycles. The van der Waals surface area contributed by atoms with E-state index in [2.05, 4.69) is 31.5 Å². The fourth-order valence-corrected chi connectivity index (χ4v) is 3.33. The molecule has 29 heavy (non-hydrogen) atoms. The Morgan fingerprint density at radius 1 is 0.862 bits per heavy atom. The zero-order valence-electron chi connectivity index (χ0n) is 15.9. The number of nitrogens with zero attached hydrogens (tertiary/aromatic N) is 2. The Kier molecular flexibility index (Phi) is 7.37. The Hall–Kier alpha value is -2.71. The van der Waals surface area contributed by atoms with E-state index in [0.29, 0.717) is 37.4 Å². The molecular formula is C21H23BrN4O3. The molecule has 7 nitrogen and oxygen atoms in total. The SMILES string of the molecule is O=C(NCCN1CCN(C(=O)c2ccccc2)CC1)C(=O)Nc1ccc(Br)cc1. The Balaban J connectivity index is 1.36. The average molecular weight is 459 g/mol. The summed E-state index contributed by atoms with van der Waals surface area (Å²) in [4.78, 5) is 40.4. The lowest BCUT2D eigenvalue weighted by molar-refractivity contribution is -0.136. The van der Waals surface area contributed by atoms with Crippen LogP contribution in [0.2, 0.25) is 0 Å². The van der Waals surface area contributed by atoms with Crippen LogP contribution in [-0.2, 0) is 9.59 Å². The molecule has 2 N–H and O–H groups in total. The highest BCUT2D eigenvalue weighted by Gasteiger charge is 2.22. The summed E-state index contributed by atoms with van der Waals surface area (Å²) in [7, 11) is 0. The predicted octanol–water partition coefficient (Wildman–Crippen LogP) is 1.96. The highest BCUT2D eigenvalue weighted by molar-refractivity contribution is 9.10. The van der Waals surface area contributed by atoms with Gasteiger partial charge < -0.3 is 15.5 Å². The van der Waals surface area contributed by atoms with E-state index < -0.39 is 11.8 Å². The molecule has 0 unspecified atom stereocenters. The van der Waals surface area contributed by atoms with Crippen LogP contribution in [0.15, 0.2) is 59.1 Å². The minimum absolute atomic E-state index is 0.0446. The predicted molar refractivity (Wildman–Crippen MR) is 115 cm³/mol. The molecule has 1 aliphatic rings. The summed E-state index contributed by atoms with van der Waals surface area (Å²) in [6.07, 6.45) is 0. The molecule has 1 saturated heterocycles. The van der Waals surface area contributed by atoms with Gasteiger partial charge in [-0.05, 0) is 36.4 Å². The van der Waals surface area contributed by atoms with E-state index in [-0.39, 0.29) is 5.91 Å². The molecule has 0 bridgehead atoms. The molecule has 152 valence electrons. The number of rotatable bonds is 5. The van der Waals surface area contributed by atoms with Crippen molar-refractivity contribution in [2.24, 2.45) is 0 Å². The first-order valence-electron chi connectivity index (χ1n) is 9.44. The van der Waals surface area contributed by atoms with E-state index >= 15 is 0 Å². The van der Waals surface area contributed by atoms with Crippen molar-refractivity contribution in [3.05, 3.63) is 64.6 Å². The standard InChI is InChI=1S/C21H23BrN4O3/c22-17-6-8-18(9-7-17)24-20(28)19(27)23-10-11-25-12-14-26(15-13-25)21(29)16-4-2-1-3-5-16/h1-9H,10-15H2,(H,23,27)(H,24,28). The first kappa shape index (κ1) is 21.0. The number of piperazine rings is 1. The average Bonchev–Trinajstić information content (AvgIpc) is 2.76. The molecule has 2 aromatic carbocycles. The lowest BCUT2D eigenvalue weighted by Gasteiger charge is -2.34. The molecule has 0 spiro atoms. The zero-order valence-corrected chi connectivity index (χ0v) is 17.5. The van der Waals surface area contributed by atoms with Crippen LogP contribution >= 0.6 is 15.9 Å². The van der Waals surface area contributed by atoms with Crippen molar-refractivity contribution in [2.45, 2.75) is 0 Å². The van der Waals surface area contributed by atoms with Gasteiger partial charge in [-0.3, -0.25) is 19.3 Å². The van der Waals surface area contributed by atoms with Crippen LogP contribution in [0.3, 0.4) is 0 Å². The monoisotopic (exact) mass is 458 g/mol. The van der Waals surface area contributed by atoms with Gasteiger partial charge in [-0.15, -0.1) is 0 Å². The summed E-state index contributed by atoms with van der Waals surface area (Å²) in [5.74, 6) is -1.31. The van der Waals surface area contributed by atoms with Gasteiger partial charge in [0.05, 0.1) is 0 Å². The Morgan fingerprint density at radius 3 is 2.17 bits per heavy atom. The molecule has 3 amide bonds. The first-order chi connectivity index (χ1) is 14.0. The topological polar surface area (TPSA) is 81.8 Å². The van der Waals surface area contributed by atoms with Crippen molar-refractivity contribution >= 4 is 39.3 Å². The normalized spacial score (nSPS) is 14.3. The van der Waals surface area contributed by atoms with Crippen molar-refractivity contribution in [1.29, 1.82) is 0 Å². The molecule has 8 heteroatoms. The van der Waals surface area contributed by atoms with Crippen LogP contribution in [-0.4, -0.2) is 66.8 Å². The fraction of sp³-hybridized carbons (Fsp3) is 0.286. The summed E-state index contributed by atoms with van der Waals surface area (Å²) in [6, 6.07) is 16.3. The van der Waals surface area contributed by atoms with Gasteiger partial charge in [0.2, 0.25) is 0 Å². The number of carbonyl (C=O) groups is 3. The molecule has 1 aliphatic heterocycles. The summed E-state index contributed by atoms with van der Waals surface area (Å²) in [6.45, 7) is 3.76. The minimum Gasteiger partial charge on any atom is -0.347 e. The van der Waals surface area contributed by atoms with Gasteiger partial charge in [0, 0.05) is 55.0 Å². The lowest BCUT2D eigenvalue weighted by atomic mass is 10.2. The second-order valence-corrected chi connectivity index (χ2v) is 7.63. The van der Waals surface area contributed by atoms with Crippen molar-refractivity contribution in [2.75, 3.05) is 44.6 Å². The molecular weight excluding hydrogens is 436 g/mol. The molecule has 3 rings (SSSR count). The second kappa shape index (κ2) is 10.2. The number of hydrogen-bond acceptors (Lipinski definition) is 4. The van der Waals surface area contributed by atoms with Crippen molar-refractivity contribution in [3.8, 4) is 0 Å². The summed E-state index contributed by atoms with van der Waals surface area (Å²) in [5, 5.41) is 5.20. The van der Waals surface area contributed by atoms with Gasteiger partial charge in [-0.1, -0.05) is 34.1 Å². The number of nitrogens with one attached hydrogen (secondary N) is 2. The first-order valence-corrected chi connectivity index (χ1v) is 10.2. The van der Waals surface area contributed by atoms with Gasteiger partial charge in [-0.2, -0.15) is 0 Å². The summed E-state index contributed by atoms with van der Waals surface area (Å²) < 4.78 is 0.894. The van der Waals surface area contributed by atoms with Crippen LogP contribution < -0.4 is 10.6 Å². The Morgan fingerprint density at radius 2 is 1.52 bits per heavy atom. The molecule has 0 aromatic heterocycles. The molecule has 1 heterocycles. The van der Waals surface area contributed by atoms with E-state index in [4.69, 9.17) is 0 Å². The minimum atomic E-state index is -0.689. The van der Waals surface area contributed by atoms with Crippen LogP contribution in [0.5, 0.6) is 0 Å². The highest BCUT2D eigenvalue weighted by atomic mass is 79.9. The summed E-state index contributed by atoms with van der Waals surface area (Å²) >= 11 is 3.32. The van der Waals surface area contributed by atoms with Gasteiger partial charge in [0.1, 0.15) is 0 Å². The number of amides is 3. The third-order valence-corrected chi connectivity index (χ3v) is 5.23. The third-order valence-electron chi connectivity index (χ3n) is 4.70. The van der Waals surface area contributed by atoms with Gasteiger partial charge >= 0.3 is 11.8 Å². The lowest BCUT2D eigenvalue weighted by Crippen LogP contribution is -2.50. The van der Waals surface area contributed by atoms with Crippen molar-refractivity contribution in [1.82, 2.24) is 15.1 Å². The van der Waals surface area contributed by atoms with Crippen molar-refractivity contribution in [3.63, 3.8) is 0 Å². The second-order valence-electron chi connectivity index (χ2n) is 6.72. The number of anilines is 1. The molecule has 2 aromatic rings. The number of hydrogen-bond donors (Lipinski definition) is 2.